The molecule has 0 aliphatic carbocycles. The molecule has 2 nitrogen and oxygen atoms in total. The van der Waals surface area contributed by atoms with Crippen molar-refractivity contribution in [3.8, 4) is 0 Å². The van der Waals surface area contributed by atoms with Crippen molar-refractivity contribution < 1.29 is 13.6 Å². The minimum absolute atomic E-state index is 0.0533. The Morgan fingerprint density at radius 3 is 2.07 bits per heavy atom. The lowest BCUT2D eigenvalue weighted by Crippen LogP contribution is -2.59. The minimum Gasteiger partial charge on any atom is -0.294 e. The van der Waals surface area contributed by atoms with Crippen molar-refractivity contribution >= 4 is 29.0 Å². The topological polar surface area (TPSA) is 20.3 Å². The van der Waals surface area contributed by atoms with Gasteiger partial charge in [0.25, 0.3) is 0 Å². The number of hydrogen-bond donors (Lipinski definition) is 0. The third-order valence-electron chi connectivity index (χ3n) is 5.56. The van der Waals surface area contributed by atoms with Crippen LogP contribution in [-0.2, 0) is 13.0 Å². The van der Waals surface area contributed by atoms with Gasteiger partial charge in [-0.25, -0.2) is 8.78 Å². The van der Waals surface area contributed by atoms with Gasteiger partial charge in [-0.3, -0.25) is 9.69 Å². The Balaban J connectivity index is 1.55. The Hall–Kier alpha value is -2.27. The first-order chi connectivity index (χ1) is 14.4. The molecule has 30 heavy (non-hydrogen) atoms. The number of likely N-dealkylation sites (tertiary alicyclic amines) is 1. The molecule has 6 heteroatoms. The molecule has 0 aromatic heterocycles. The molecular weight excluding hydrogens is 427 g/mol. The van der Waals surface area contributed by atoms with Crippen LogP contribution in [0.4, 0.5) is 8.78 Å². The number of nitrogens with zero attached hydrogens (tertiary/aromatic N) is 1. The molecule has 4 rings (SSSR count). The fraction of sp³-hybridized carbons (Fsp3) is 0.208. The zero-order valence-electron chi connectivity index (χ0n) is 16.0. The van der Waals surface area contributed by atoms with Gasteiger partial charge in [-0.1, -0.05) is 47.5 Å². The van der Waals surface area contributed by atoms with Crippen LogP contribution in [0.1, 0.15) is 21.5 Å². The van der Waals surface area contributed by atoms with E-state index in [9.17, 15) is 13.6 Å². The fourth-order valence-electron chi connectivity index (χ4n) is 3.89. The van der Waals surface area contributed by atoms with Crippen LogP contribution >= 0.6 is 23.2 Å². The maximum atomic E-state index is 13.6. The average Bonchev–Trinajstić information content (AvgIpc) is 2.73. The number of rotatable bonds is 6. The highest BCUT2D eigenvalue weighted by Crippen LogP contribution is 2.33. The van der Waals surface area contributed by atoms with Crippen LogP contribution < -0.4 is 0 Å². The lowest BCUT2D eigenvalue weighted by Gasteiger charge is -2.48. The summed E-state index contributed by atoms with van der Waals surface area (Å²) in [5.74, 6) is -2.42. The number of benzene rings is 3. The van der Waals surface area contributed by atoms with E-state index < -0.39 is 11.6 Å². The second-order valence-corrected chi connectivity index (χ2v) is 8.43. The Kier molecular flexibility index (Phi) is 6.19. The van der Waals surface area contributed by atoms with Crippen LogP contribution in [0.15, 0.2) is 66.7 Å². The van der Waals surface area contributed by atoms with Crippen molar-refractivity contribution in [2.45, 2.75) is 19.0 Å². The summed E-state index contributed by atoms with van der Waals surface area (Å²) in [5.41, 5.74) is 2.36. The van der Waals surface area contributed by atoms with E-state index in [1.807, 2.05) is 48.5 Å². The van der Waals surface area contributed by atoms with Crippen molar-refractivity contribution in [1.82, 2.24) is 4.90 Å². The highest BCUT2D eigenvalue weighted by Gasteiger charge is 2.43. The second-order valence-electron chi connectivity index (χ2n) is 7.55. The summed E-state index contributed by atoms with van der Waals surface area (Å²) in [6.07, 6.45) is 0.658. The van der Waals surface area contributed by atoms with Gasteiger partial charge >= 0.3 is 0 Å². The van der Waals surface area contributed by atoms with Crippen molar-refractivity contribution in [2.75, 3.05) is 6.54 Å². The van der Waals surface area contributed by atoms with Gasteiger partial charge in [0, 0.05) is 34.7 Å². The first kappa shape index (κ1) is 21.0. The van der Waals surface area contributed by atoms with Crippen molar-refractivity contribution in [3.05, 3.63) is 105 Å². The highest BCUT2D eigenvalue weighted by molar-refractivity contribution is 6.30. The Bertz CT molecular complexity index is 1050. The molecule has 1 aliphatic heterocycles. The molecule has 0 amide bonds. The van der Waals surface area contributed by atoms with E-state index in [1.165, 1.54) is 6.07 Å². The third kappa shape index (κ3) is 4.56. The quantitative estimate of drug-likeness (QED) is 0.421. The number of hydrogen-bond acceptors (Lipinski definition) is 2. The Morgan fingerprint density at radius 2 is 1.47 bits per heavy atom. The van der Waals surface area contributed by atoms with Crippen LogP contribution in [0, 0.1) is 17.6 Å². The van der Waals surface area contributed by atoms with E-state index in [0.29, 0.717) is 29.6 Å². The van der Waals surface area contributed by atoms with E-state index in [1.54, 1.807) is 0 Å². The Morgan fingerprint density at radius 1 is 0.867 bits per heavy atom. The maximum absolute atomic E-state index is 13.6. The predicted octanol–water partition coefficient (Wildman–Crippen LogP) is 6.20. The molecule has 2 atom stereocenters. The molecular formula is C24H19Cl2F2NO. The van der Waals surface area contributed by atoms with E-state index in [-0.39, 0.29) is 23.3 Å². The number of carbonyl (C=O) groups excluding carboxylic acids is 1. The smallest absolute Gasteiger partial charge is 0.168 e. The van der Waals surface area contributed by atoms with Crippen molar-refractivity contribution in [3.63, 3.8) is 0 Å². The third-order valence-corrected chi connectivity index (χ3v) is 6.07. The van der Waals surface area contributed by atoms with Gasteiger partial charge in [0.15, 0.2) is 17.4 Å². The Labute approximate surface area is 184 Å². The maximum Gasteiger partial charge on any atom is 0.168 e. The normalized spacial score (nSPS) is 18.8. The van der Waals surface area contributed by atoms with Crippen molar-refractivity contribution in [2.24, 2.45) is 5.92 Å². The van der Waals surface area contributed by atoms with Crippen LogP contribution in [0.5, 0.6) is 0 Å². The molecule has 0 N–H and O–H groups in total. The highest BCUT2D eigenvalue weighted by atomic mass is 35.5. The number of halogens is 4. The van der Waals surface area contributed by atoms with Gasteiger partial charge in [-0.15, -0.1) is 0 Å². The molecule has 0 spiro atoms. The number of carbonyl (C=O) groups is 1. The number of ketones is 1. The fourth-order valence-corrected chi connectivity index (χ4v) is 4.14. The van der Waals surface area contributed by atoms with Gasteiger partial charge < -0.3 is 0 Å². The van der Waals surface area contributed by atoms with Crippen LogP contribution in [-0.4, -0.2) is 23.3 Å². The molecule has 3 aromatic carbocycles. The van der Waals surface area contributed by atoms with E-state index in [4.69, 9.17) is 23.2 Å². The lowest BCUT2D eigenvalue weighted by atomic mass is 9.79. The first-order valence-electron chi connectivity index (χ1n) is 9.63. The first-order valence-corrected chi connectivity index (χ1v) is 10.4. The summed E-state index contributed by atoms with van der Waals surface area (Å²) in [7, 11) is 0. The van der Waals surface area contributed by atoms with Crippen molar-refractivity contribution in [1.29, 1.82) is 0 Å². The standard InChI is InChI=1S/C24H19Cl2F2NO/c25-18-6-1-15(2-7-18)11-23-20(24(30)17-5-10-21(27)22(28)12-17)14-29(23)13-16-3-8-19(26)9-4-16/h1-10,12,20,23H,11,13-14H2. The summed E-state index contributed by atoms with van der Waals surface area (Å²) in [6, 6.07) is 18.4. The molecule has 0 saturated carbocycles. The molecule has 1 aliphatic rings. The van der Waals surface area contributed by atoms with E-state index in [0.717, 1.165) is 23.3 Å². The zero-order chi connectivity index (χ0) is 21.3. The van der Waals surface area contributed by atoms with Crippen LogP contribution in [0.3, 0.4) is 0 Å². The summed E-state index contributed by atoms with van der Waals surface area (Å²) in [4.78, 5) is 15.3. The van der Waals surface area contributed by atoms with E-state index in [2.05, 4.69) is 4.90 Å². The van der Waals surface area contributed by atoms with Gasteiger partial charge in [-0.05, 0) is 60.0 Å². The molecule has 1 saturated heterocycles. The van der Waals surface area contributed by atoms with Gasteiger partial charge in [0.2, 0.25) is 0 Å². The molecule has 154 valence electrons. The summed E-state index contributed by atoms with van der Waals surface area (Å²) in [6.45, 7) is 1.23. The van der Waals surface area contributed by atoms with Gasteiger partial charge in [0.1, 0.15) is 0 Å². The molecule has 0 radical (unpaired) electrons. The summed E-state index contributed by atoms with van der Waals surface area (Å²) < 4.78 is 26.9. The van der Waals surface area contributed by atoms with E-state index >= 15 is 0 Å². The van der Waals surface area contributed by atoms with Gasteiger partial charge in [-0.2, -0.15) is 0 Å². The minimum atomic E-state index is -1.01. The van der Waals surface area contributed by atoms with Crippen LogP contribution in [0.2, 0.25) is 10.0 Å². The van der Waals surface area contributed by atoms with Crippen LogP contribution in [0.25, 0.3) is 0 Å². The number of Topliss-reactive ketones (excluding diaryl/α,β-unsaturated/α-hetero) is 1. The molecule has 3 aromatic rings. The SMILES string of the molecule is O=C(c1ccc(F)c(F)c1)C1CN(Cc2ccc(Cl)cc2)C1Cc1ccc(Cl)cc1. The average molecular weight is 446 g/mol. The predicted molar refractivity (Wildman–Crippen MR) is 115 cm³/mol. The summed E-state index contributed by atoms with van der Waals surface area (Å²) in [5, 5.41) is 1.33. The molecule has 0 bridgehead atoms. The second kappa shape index (κ2) is 8.84. The van der Waals surface area contributed by atoms with Gasteiger partial charge in [0.05, 0.1) is 5.92 Å². The largest absolute Gasteiger partial charge is 0.294 e. The summed E-state index contributed by atoms with van der Waals surface area (Å²) >= 11 is 12.0. The molecule has 1 fully saturated rings. The zero-order valence-corrected chi connectivity index (χ0v) is 17.5. The monoisotopic (exact) mass is 445 g/mol. The molecule has 2 unspecified atom stereocenters. The molecule has 1 heterocycles. The lowest BCUT2D eigenvalue weighted by molar-refractivity contribution is 0.0123.